The van der Waals surface area contributed by atoms with E-state index in [-0.39, 0.29) is 18.1 Å². The summed E-state index contributed by atoms with van der Waals surface area (Å²) >= 11 is 0. The van der Waals surface area contributed by atoms with Gasteiger partial charge in [0, 0.05) is 58.0 Å². The van der Waals surface area contributed by atoms with Gasteiger partial charge in [0.05, 0.1) is 31.4 Å². The zero-order chi connectivity index (χ0) is 43.5. The lowest BCUT2D eigenvalue weighted by Gasteiger charge is -2.22. The summed E-state index contributed by atoms with van der Waals surface area (Å²) in [5.41, 5.74) is -0.0955. The van der Waals surface area contributed by atoms with E-state index < -0.39 is 47.0 Å². The summed E-state index contributed by atoms with van der Waals surface area (Å²) in [6.45, 7) is 9.85. The van der Waals surface area contributed by atoms with E-state index in [2.05, 4.69) is 5.16 Å². The molecule has 0 saturated carbocycles. The monoisotopic (exact) mass is 846 g/mol. The Morgan fingerprint density at radius 1 is 0.817 bits per heavy atom. The van der Waals surface area contributed by atoms with E-state index in [0.717, 1.165) is 16.7 Å². The zero-order valence-electron chi connectivity index (χ0n) is 34.2. The minimum atomic E-state index is -6.05. The Kier molecular flexibility index (Phi) is 13.1. The molecule has 0 aliphatic rings. The summed E-state index contributed by atoms with van der Waals surface area (Å²) < 4.78 is 89.6. The Bertz CT molecular complexity index is 2720. The number of aromatic nitrogens is 1. The van der Waals surface area contributed by atoms with Crippen molar-refractivity contribution in [1.82, 2.24) is 4.57 Å². The van der Waals surface area contributed by atoms with Crippen molar-refractivity contribution in [2.75, 3.05) is 26.9 Å². The molecule has 1 atom stereocenters. The maximum absolute atomic E-state index is 14.7. The van der Waals surface area contributed by atoms with Crippen LogP contribution in [0.25, 0.3) is 32.6 Å². The molecule has 0 bridgehead atoms. The molecule has 0 saturated heterocycles. The van der Waals surface area contributed by atoms with Gasteiger partial charge < -0.3 is 23.6 Å². The summed E-state index contributed by atoms with van der Waals surface area (Å²) in [4.78, 5) is 32.0. The maximum atomic E-state index is 14.7. The number of hydrogen-bond donors (Lipinski definition) is 0. The van der Waals surface area contributed by atoms with Crippen molar-refractivity contribution in [2.24, 2.45) is 5.16 Å². The second-order valence-corrected chi connectivity index (χ2v) is 16.2. The highest BCUT2D eigenvalue weighted by Gasteiger charge is 2.48. The van der Waals surface area contributed by atoms with Gasteiger partial charge in [-0.3, -0.25) is 8.98 Å². The molecule has 5 aromatic carbocycles. The Morgan fingerprint density at radius 3 is 2.13 bits per heavy atom. The molecule has 15 heteroatoms. The summed E-state index contributed by atoms with van der Waals surface area (Å²) in [6, 6.07) is 24.9. The fourth-order valence-electron chi connectivity index (χ4n) is 7.40. The van der Waals surface area contributed by atoms with E-state index in [1.165, 1.54) is 6.92 Å². The van der Waals surface area contributed by atoms with Crippen LogP contribution in [0.15, 0.2) is 90.1 Å². The third-order valence-electron chi connectivity index (χ3n) is 9.79. The highest BCUT2D eigenvalue weighted by Crippen LogP contribution is 2.39. The number of para-hydroxylation sites is 1. The molecule has 1 unspecified atom stereocenters. The number of halogens is 3. The standard InChI is InChI=1S/C45H45F3N2O9S/c1-26(2)57-25-32(59-60(53,54)45(46,47)48)24-50-39-17-16-31(42(49-58-30(6)51)35-14-10-11-15-40(35)56-19-18-55-7)22-36(39)37-23-38(33-12-8-9-13-34(33)43(37)50)44(52)41-28(4)20-27(3)21-29(41)5/h8-17,20-23,26,32H,18-19,24-25H2,1-7H3/b49-42+. The van der Waals surface area contributed by atoms with Crippen LogP contribution in [0.4, 0.5) is 13.2 Å². The molecule has 11 nitrogen and oxygen atoms in total. The van der Waals surface area contributed by atoms with Gasteiger partial charge in [-0.2, -0.15) is 21.6 Å². The highest BCUT2D eigenvalue weighted by molar-refractivity contribution is 7.87. The highest BCUT2D eigenvalue weighted by atomic mass is 32.2. The minimum Gasteiger partial charge on any atom is -0.490 e. The third kappa shape index (κ3) is 9.24. The van der Waals surface area contributed by atoms with E-state index in [1.54, 1.807) is 98.3 Å². The predicted octanol–water partition coefficient (Wildman–Crippen LogP) is 9.10. The number of methoxy groups -OCH3 is 1. The smallest absolute Gasteiger partial charge is 0.490 e. The van der Waals surface area contributed by atoms with Crippen molar-refractivity contribution in [3.8, 4) is 5.75 Å². The number of ether oxygens (including phenoxy) is 3. The topological polar surface area (TPSA) is 132 Å². The van der Waals surface area contributed by atoms with Gasteiger partial charge in [0.15, 0.2) is 5.78 Å². The first-order valence-electron chi connectivity index (χ1n) is 19.1. The molecule has 0 aliphatic carbocycles. The molecule has 6 rings (SSSR count). The molecule has 0 aliphatic heterocycles. The van der Waals surface area contributed by atoms with Gasteiger partial charge >= 0.3 is 21.6 Å². The van der Waals surface area contributed by atoms with Crippen molar-refractivity contribution < 1.29 is 54.4 Å². The van der Waals surface area contributed by atoms with Crippen molar-refractivity contribution in [3.63, 3.8) is 0 Å². The van der Waals surface area contributed by atoms with Gasteiger partial charge in [-0.25, -0.2) is 4.79 Å². The van der Waals surface area contributed by atoms with Gasteiger partial charge in [0.2, 0.25) is 0 Å². The number of oxime groups is 1. The fraction of sp³-hybridized carbons (Fsp3) is 0.311. The molecular weight excluding hydrogens is 802 g/mol. The van der Waals surface area contributed by atoms with E-state index in [1.807, 2.05) is 32.9 Å². The second-order valence-electron chi connectivity index (χ2n) is 14.7. The van der Waals surface area contributed by atoms with Crippen LogP contribution in [0.1, 0.15) is 64.5 Å². The van der Waals surface area contributed by atoms with Gasteiger partial charge in [-0.15, -0.1) is 0 Å². The first-order valence-corrected chi connectivity index (χ1v) is 20.5. The van der Waals surface area contributed by atoms with Gasteiger partial charge in [0.1, 0.15) is 24.2 Å². The van der Waals surface area contributed by atoms with E-state index in [4.69, 9.17) is 23.2 Å². The van der Waals surface area contributed by atoms with Crippen LogP contribution < -0.4 is 4.74 Å². The van der Waals surface area contributed by atoms with Gasteiger partial charge in [0.25, 0.3) is 0 Å². The first kappa shape index (κ1) is 44.0. The molecule has 0 amide bonds. The number of ketones is 1. The summed E-state index contributed by atoms with van der Waals surface area (Å²) in [5.74, 6) is -0.494. The van der Waals surface area contributed by atoms with E-state index in [0.29, 0.717) is 67.2 Å². The van der Waals surface area contributed by atoms with Crippen LogP contribution in [0.3, 0.4) is 0 Å². The number of alkyl halides is 3. The maximum Gasteiger partial charge on any atom is 0.523 e. The molecule has 0 N–H and O–H groups in total. The van der Waals surface area contributed by atoms with Gasteiger partial charge in [-0.05, 0) is 81.5 Å². The van der Waals surface area contributed by atoms with Crippen LogP contribution >= 0.6 is 0 Å². The van der Waals surface area contributed by atoms with Crippen molar-refractivity contribution in [3.05, 3.63) is 124 Å². The summed E-state index contributed by atoms with van der Waals surface area (Å²) in [7, 11) is -4.50. The lowest BCUT2D eigenvalue weighted by atomic mass is 9.89. The average Bonchev–Trinajstić information content (AvgIpc) is 3.48. The largest absolute Gasteiger partial charge is 0.523 e. The van der Waals surface area contributed by atoms with Crippen LogP contribution in [0.5, 0.6) is 5.75 Å². The lowest BCUT2D eigenvalue weighted by Crippen LogP contribution is -2.35. The number of fused-ring (bicyclic) bond motifs is 5. The second kappa shape index (κ2) is 17.9. The average molecular weight is 847 g/mol. The number of rotatable bonds is 16. The molecule has 316 valence electrons. The number of benzene rings is 5. The fourth-order valence-corrected chi connectivity index (χ4v) is 7.98. The number of nitrogens with zero attached hydrogens (tertiary/aromatic N) is 2. The molecule has 1 aromatic heterocycles. The van der Waals surface area contributed by atoms with Crippen molar-refractivity contribution in [2.45, 2.75) is 65.8 Å². The van der Waals surface area contributed by atoms with Crippen LogP contribution in [0.2, 0.25) is 0 Å². The van der Waals surface area contributed by atoms with Crippen LogP contribution in [0, 0.1) is 20.8 Å². The molecule has 6 aromatic rings. The molecule has 0 fully saturated rings. The Hall–Kier alpha value is -5.61. The number of aryl methyl sites for hydroxylation is 3. The van der Waals surface area contributed by atoms with Crippen LogP contribution in [-0.2, 0) is 40.0 Å². The Morgan fingerprint density at radius 2 is 1.48 bits per heavy atom. The SMILES string of the molecule is COCCOc1ccccc1/C(=N/OC(C)=O)c1ccc2c(c1)c1cc(C(=O)c3c(C)cc(C)cc3C)c3ccccc3c1n2CC(COC(C)C)OS(=O)(=O)C(F)(F)F. The lowest BCUT2D eigenvalue weighted by molar-refractivity contribution is -0.140. The molecule has 1 heterocycles. The molecule has 60 heavy (non-hydrogen) atoms. The summed E-state index contributed by atoms with van der Waals surface area (Å²) in [5, 5.41) is 6.43. The summed E-state index contributed by atoms with van der Waals surface area (Å²) in [6.07, 6.45) is -2.10. The molecular formula is C45H45F3N2O9S. The molecule has 0 radical (unpaired) electrons. The van der Waals surface area contributed by atoms with Crippen molar-refractivity contribution >= 4 is 60.2 Å². The van der Waals surface area contributed by atoms with E-state index >= 15 is 0 Å². The minimum absolute atomic E-state index is 0.207. The third-order valence-corrected chi connectivity index (χ3v) is 10.9. The van der Waals surface area contributed by atoms with Gasteiger partial charge in [-0.1, -0.05) is 65.3 Å². The Balaban J connectivity index is 1.67. The predicted molar refractivity (Wildman–Crippen MR) is 223 cm³/mol. The molecule has 0 spiro atoms. The quantitative estimate of drug-likeness (QED) is 0.0178. The number of carbonyl (C=O) groups excluding carboxylic acids is 2. The zero-order valence-corrected chi connectivity index (χ0v) is 35.0. The number of hydrogen-bond acceptors (Lipinski definition) is 10. The normalized spacial score (nSPS) is 13.1. The first-order chi connectivity index (χ1) is 28.4. The Labute approximate surface area is 345 Å². The van der Waals surface area contributed by atoms with E-state index in [9.17, 15) is 31.2 Å². The van der Waals surface area contributed by atoms with Crippen LogP contribution in [-0.4, -0.2) is 75.1 Å². The van der Waals surface area contributed by atoms with Crippen molar-refractivity contribution in [1.29, 1.82) is 0 Å². The number of carbonyl (C=O) groups is 2.